The van der Waals surface area contributed by atoms with Crippen LogP contribution in [0.2, 0.25) is 0 Å². The average molecular weight is 248 g/mol. The number of carbonyl (C=O) groups excluding carboxylic acids is 1. The van der Waals surface area contributed by atoms with Gasteiger partial charge in [-0.1, -0.05) is 19.8 Å². The molecule has 0 radical (unpaired) electrons. The van der Waals surface area contributed by atoms with E-state index >= 15 is 0 Å². The molecule has 0 aromatic rings. The molecule has 0 saturated carbocycles. The summed E-state index contributed by atoms with van der Waals surface area (Å²) in [5, 5.41) is 3.11. The number of unbranched alkanes of at least 4 members (excludes halogenated alkanes) is 1. The van der Waals surface area contributed by atoms with Crippen LogP contribution in [0.5, 0.6) is 0 Å². The van der Waals surface area contributed by atoms with Gasteiger partial charge in [0.15, 0.2) is 0 Å². The standard InChI is InChI=1S/C10H20N2O3S/c1-3-4-5-9-10(13)12(8-11-9)6-7-16(2,14)15/h9,11H,3-8H2,1-2H3. The van der Waals surface area contributed by atoms with E-state index in [4.69, 9.17) is 0 Å². The Hall–Kier alpha value is -0.620. The van der Waals surface area contributed by atoms with E-state index in [9.17, 15) is 13.2 Å². The van der Waals surface area contributed by atoms with Crippen LogP contribution >= 0.6 is 0 Å². The van der Waals surface area contributed by atoms with Crippen molar-refractivity contribution in [2.24, 2.45) is 0 Å². The Labute approximate surface area is 97.1 Å². The summed E-state index contributed by atoms with van der Waals surface area (Å²) in [6.07, 6.45) is 4.11. The molecule has 1 amide bonds. The zero-order valence-corrected chi connectivity index (χ0v) is 10.7. The molecule has 1 aliphatic heterocycles. The Morgan fingerprint density at radius 3 is 2.75 bits per heavy atom. The molecule has 6 heteroatoms. The van der Waals surface area contributed by atoms with Gasteiger partial charge >= 0.3 is 0 Å². The van der Waals surface area contributed by atoms with E-state index in [1.807, 2.05) is 0 Å². The molecule has 94 valence electrons. The van der Waals surface area contributed by atoms with Gasteiger partial charge in [-0.15, -0.1) is 0 Å². The lowest BCUT2D eigenvalue weighted by Gasteiger charge is -2.14. The first kappa shape index (κ1) is 13.4. The number of hydrogen-bond acceptors (Lipinski definition) is 4. The average Bonchev–Trinajstić information content (AvgIpc) is 2.53. The number of amides is 1. The maximum Gasteiger partial charge on any atom is 0.240 e. The number of nitrogens with zero attached hydrogens (tertiary/aromatic N) is 1. The molecular formula is C10H20N2O3S. The van der Waals surface area contributed by atoms with Gasteiger partial charge in [-0.05, 0) is 6.42 Å². The van der Waals surface area contributed by atoms with Gasteiger partial charge in [-0.3, -0.25) is 10.1 Å². The van der Waals surface area contributed by atoms with Gasteiger partial charge < -0.3 is 4.90 Å². The SMILES string of the molecule is CCCCC1NCN(CCS(C)(=O)=O)C1=O. The highest BCUT2D eigenvalue weighted by molar-refractivity contribution is 7.90. The molecule has 1 saturated heterocycles. The molecule has 1 fully saturated rings. The van der Waals surface area contributed by atoms with Crippen molar-refractivity contribution in [2.75, 3.05) is 25.2 Å². The van der Waals surface area contributed by atoms with Crippen molar-refractivity contribution in [3.8, 4) is 0 Å². The fraction of sp³-hybridized carbons (Fsp3) is 0.900. The van der Waals surface area contributed by atoms with E-state index in [1.165, 1.54) is 6.26 Å². The largest absolute Gasteiger partial charge is 0.328 e. The van der Waals surface area contributed by atoms with Crippen molar-refractivity contribution in [3.05, 3.63) is 0 Å². The quantitative estimate of drug-likeness (QED) is 0.717. The summed E-state index contributed by atoms with van der Waals surface area (Å²) in [5.41, 5.74) is 0. The van der Waals surface area contributed by atoms with Crippen LogP contribution in [0, 0.1) is 0 Å². The Kier molecular flexibility index (Phi) is 4.73. The van der Waals surface area contributed by atoms with Crippen molar-refractivity contribution in [3.63, 3.8) is 0 Å². The summed E-state index contributed by atoms with van der Waals surface area (Å²) in [6, 6.07) is -0.112. The molecular weight excluding hydrogens is 228 g/mol. The molecule has 0 aromatic carbocycles. The van der Waals surface area contributed by atoms with Gasteiger partial charge in [0.25, 0.3) is 0 Å². The Bertz CT molecular complexity index is 340. The number of carbonyl (C=O) groups is 1. The second-order valence-electron chi connectivity index (χ2n) is 4.29. The first-order chi connectivity index (χ1) is 7.44. The smallest absolute Gasteiger partial charge is 0.240 e. The molecule has 5 nitrogen and oxygen atoms in total. The summed E-state index contributed by atoms with van der Waals surface area (Å²) < 4.78 is 22.0. The predicted octanol–water partition coefficient (Wildman–Crippen LogP) is -0.0209. The van der Waals surface area contributed by atoms with Crippen LogP contribution in [0.3, 0.4) is 0 Å². The van der Waals surface area contributed by atoms with Crippen LogP contribution in [-0.2, 0) is 14.6 Å². The lowest BCUT2D eigenvalue weighted by Crippen LogP contribution is -2.33. The van der Waals surface area contributed by atoms with Crippen LogP contribution in [0.15, 0.2) is 0 Å². The van der Waals surface area contributed by atoms with Crippen LogP contribution in [0.1, 0.15) is 26.2 Å². The minimum atomic E-state index is -2.99. The molecule has 1 N–H and O–H groups in total. The second kappa shape index (κ2) is 5.63. The number of nitrogens with one attached hydrogen (secondary N) is 1. The predicted molar refractivity (Wildman–Crippen MR) is 62.7 cm³/mol. The minimum Gasteiger partial charge on any atom is -0.328 e. The highest BCUT2D eigenvalue weighted by Crippen LogP contribution is 2.10. The number of rotatable bonds is 6. The molecule has 0 aromatic heterocycles. The van der Waals surface area contributed by atoms with Gasteiger partial charge in [0.2, 0.25) is 5.91 Å². The van der Waals surface area contributed by atoms with E-state index in [1.54, 1.807) is 4.90 Å². The highest BCUT2D eigenvalue weighted by Gasteiger charge is 2.30. The van der Waals surface area contributed by atoms with Crippen molar-refractivity contribution >= 4 is 15.7 Å². The fourth-order valence-electron chi connectivity index (χ4n) is 1.71. The Morgan fingerprint density at radius 1 is 1.50 bits per heavy atom. The van der Waals surface area contributed by atoms with E-state index in [0.29, 0.717) is 13.2 Å². The topological polar surface area (TPSA) is 66.5 Å². The zero-order valence-electron chi connectivity index (χ0n) is 9.90. The third kappa shape index (κ3) is 4.09. The van der Waals surface area contributed by atoms with Gasteiger partial charge in [0, 0.05) is 12.8 Å². The van der Waals surface area contributed by atoms with Crippen LogP contribution in [0.4, 0.5) is 0 Å². The summed E-state index contributed by atoms with van der Waals surface area (Å²) in [6.45, 7) is 2.86. The van der Waals surface area contributed by atoms with Crippen molar-refractivity contribution in [1.82, 2.24) is 10.2 Å². The summed E-state index contributed by atoms with van der Waals surface area (Å²) >= 11 is 0. The van der Waals surface area contributed by atoms with Crippen LogP contribution in [-0.4, -0.2) is 50.5 Å². The summed E-state index contributed by atoms with van der Waals surface area (Å²) in [7, 11) is -2.99. The normalized spacial score (nSPS) is 21.8. The van der Waals surface area contributed by atoms with Crippen molar-refractivity contribution in [1.29, 1.82) is 0 Å². The number of sulfone groups is 1. The summed E-state index contributed by atoms with van der Waals surface area (Å²) in [5.74, 6) is 0.0816. The minimum absolute atomic E-state index is 0.0390. The molecule has 1 atom stereocenters. The fourth-order valence-corrected chi connectivity index (χ4v) is 2.26. The van der Waals surface area contributed by atoms with Gasteiger partial charge in [0.05, 0.1) is 18.5 Å². The third-order valence-electron chi connectivity index (χ3n) is 2.72. The van der Waals surface area contributed by atoms with E-state index in [2.05, 4.69) is 12.2 Å². The second-order valence-corrected chi connectivity index (χ2v) is 6.55. The van der Waals surface area contributed by atoms with Gasteiger partial charge in [-0.25, -0.2) is 8.42 Å². The molecule has 0 aliphatic carbocycles. The van der Waals surface area contributed by atoms with Crippen molar-refractivity contribution < 1.29 is 13.2 Å². The molecule has 0 bridgehead atoms. The number of hydrogen-bond donors (Lipinski definition) is 1. The van der Waals surface area contributed by atoms with Gasteiger partial charge in [-0.2, -0.15) is 0 Å². The monoisotopic (exact) mass is 248 g/mol. The lowest BCUT2D eigenvalue weighted by molar-refractivity contribution is -0.128. The van der Waals surface area contributed by atoms with Crippen molar-refractivity contribution in [2.45, 2.75) is 32.2 Å². The van der Waals surface area contributed by atoms with E-state index in [0.717, 1.165) is 19.3 Å². The third-order valence-corrected chi connectivity index (χ3v) is 3.64. The molecule has 1 aliphatic rings. The molecule has 1 unspecified atom stereocenters. The Balaban J connectivity index is 2.39. The lowest BCUT2D eigenvalue weighted by atomic mass is 10.1. The first-order valence-corrected chi connectivity index (χ1v) is 7.70. The highest BCUT2D eigenvalue weighted by atomic mass is 32.2. The van der Waals surface area contributed by atoms with Crippen LogP contribution in [0.25, 0.3) is 0 Å². The van der Waals surface area contributed by atoms with Gasteiger partial charge in [0.1, 0.15) is 9.84 Å². The maximum atomic E-state index is 11.8. The molecule has 1 rings (SSSR count). The summed E-state index contributed by atoms with van der Waals surface area (Å²) in [4.78, 5) is 13.4. The molecule has 16 heavy (non-hydrogen) atoms. The zero-order chi connectivity index (χ0) is 12.2. The first-order valence-electron chi connectivity index (χ1n) is 5.64. The molecule has 1 heterocycles. The molecule has 0 spiro atoms. The Morgan fingerprint density at radius 2 is 2.19 bits per heavy atom. The van der Waals surface area contributed by atoms with Crippen LogP contribution < -0.4 is 5.32 Å². The van der Waals surface area contributed by atoms with E-state index < -0.39 is 9.84 Å². The van der Waals surface area contributed by atoms with E-state index in [-0.39, 0.29) is 17.7 Å². The maximum absolute atomic E-state index is 11.8.